The lowest BCUT2D eigenvalue weighted by molar-refractivity contribution is -0.139. The first-order chi connectivity index (χ1) is 17.2. The van der Waals surface area contributed by atoms with Gasteiger partial charge in [-0.25, -0.2) is 18.7 Å². The lowest BCUT2D eigenvalue weighted by atomic mass is 10.1. The molecular formula is C22H37NO12P2. The second-order valence-electron chi connectivity index (χ2n) is 8.27. The van der Waals surface area contributed by atoms with Gasteiger partial charge in [-0.1, -0.05) is 6.07 Å². The number of phosphoric ester groups is 2. The van der Waals surface area contributed by atoms with Crippen molar-refractivity contribution in [2.24, 2.45) is 0 Å². The molecule has 13 nitrogen and oxygen atoms in total. The minimum Gasteiger partial charge on any atom is -0.480 e. The van der Waals surface area contributed by atoms with Gasteiger partial charge in [0.1, 0.15) is 11.6 Å². The highest BCUT2D eigenvalue weighted by molar-refractivity contribution is 7.49. The van der Waals surface area contributed by atoms with Gasteiger partial charge in [-0.05, 0) is 66.2 Å². The molecule has 15 heteroatoms. The van der Waals surface area contributed by atoms with Gasteiger partial charge in [0.05, 0.1) is 26.4 Å². The Balaban J connectivity index is 3.40. The van der Waals surface area contributed by atoms with E-state index in [4.69, 9.17) is 31.9 Å². The normalized spacial score (nSPS) is 13.1. The van der Waals surface area contributed by atoms with E-state index in [1.807, 2.05) is 0 Å². The highest BCUT2D eigenvalue weighted by Crippen LogP contribution is 2.55. The van der Waals surface area contributed by atoms with Crippen LogP contribution in [0.25, 0.3) is 0 Å². The van der Waals surface area contributed by atoms with Crippen LogP contribution >= 0.6 is 15.6 Å². The van der Waals surface area contributed by atoms with E-state index in [9.17, 15) is 23.8 Å². The van der Waals surface area contributed by atoms with Crippen molar-refractivity contribution in [2.45, 2.75) is 66.5 Å². The number of rotatable bonds is 16. The van der Waals surface area contributed by atoms with Crippen molar-refractivity contribution < 1.29 is 55.7 Å². The standard InChI is InChI=1S/C22H37NO12P2/c1-8-29-36(27,30-9-2)34-18-13-12-16(15-19(18)35-37(28,31-10-3)32-11-4)14-17(20(24)25)23-21(26)33-22(5,6)7/h12-13,15,17H,8-11,14H2,1-7H3,(H,23,26)(H,24,25). The number of carboxylic acid groups (broad SMARTS) is 1. The molecular weight excluding hydrogens is 532 g/mol. The number of carbonyl (C=O) groups is 2. The number of hydrogen-bond acceptors (Lipinski definition) is 11. The molecule has 0 heterocycles. The smallest absolute Gasteiger partial charge is 0.480 e. The molecule has 0 radical (unpaired) electrons. The van der Waals surface area contributed by atoms with E-state index in [2.05, 4.69) is 5.32 Å². The van der Waals surface area contributed by atoms with Gasteiger partial charge in [-0.15, -0.1) is 0 Å². The molecule has 0 aliphatic heterocycles. The van der Waals surface area contributed by atoms with Crippen molar-refractivity contribution >= 4 is 27.7 Å². The molecule has 0 saturated carbocycles. The van der Waals surface area contributed by atoms with E-state index in [1.54, 1.807) is 48.5 Å². The number of hydrogen-bond donors (Lipinski definition) is 2. The summed E-state index contributed by atoms with van der Waals surface area (Å²) >= 11 is 0. The van der Waals surface area contributed by atoms with E-state index < -0.39 is 39.4 Å². The Hall–Kier alpha value is -2.14. The zero-order valence-electron chi connectivity index (χ0n) is 22.2. The van der Waals surface area contributed by atoms with Crippen LogP contribution in [-0.4, -0.2) is 55.2 Å². The Morgan fingerprint density at radius 2 is 1.32 bits per heavy atom. The van der Waals surface area contributed by atoms with Crippen LogP contribution in [0.4, 0.5) is 4.79 Å². The summed E-state index contributed by atoms with van der Waals surface area (Å²) in [5.41, 5.74) is -0.505. The minimum absolute atomic E-state index is 0.00948. The summed E-state index contributed by atoms with van der Waals surface area (Å²) in [6.07, 6.45) is -1.13. The number of ether oxygens (including phenoxy) is 1. The summed E-state index contributed by atoms with van der Waals surface area (Å²) in [5, 5.41) is 11.9. The third kappa shape index (κ3) is 11.8. The fourth-order valence-electron chi connectivity index (χ4n) is 2.77. The van der Waals surface area contributed by atoms with Crippen LogP contribution in [0.5, 0.6) is 11.5 Å². The molecule has 2 N–H and O–H groups in total. The van der Waals surface area contributed by atoms with Crippen molar-refractivity contribution in [1.29, 1.82) is 0 Å². The Morgan fingerprint density at radius 3 is 1.73 bits per heavy atom. The van der Waals surface area contributed by atoms with Crippen LogP contribution in [0.3, 0.4) is 0 Å². The lowest BCUT2D eigenvalue weighted by Gasteiger charge is -2.23. The van der Waals surface area contributed by atoms with Gasteiger partial charge in [0, 0.05) is 6.42 Å². The summed E-state index contributed by atoms with van der Waals surface area (Å²) < 4.78 is 62.8. The number of amides is 1. The third-order valence-electron chi connectivity index (χ3n) is 4.01. The minimum atomic E-state index is -4.14. The summed E-state index contributed by atoms with van der Waals surface area (Å²) in [4.78, 5) is 23.9. The summed E-state index contributed by atoms with van der Waals surface area (Å²) in [6.45, 7) is 11.3. The monoisotopic (exact) mass is 569 g/mol. The molecule has 0 aliphatic rings. The van der Waals surface area contributed by atoms with Crippen LogP contribution < -0.4 is 14.4 Å². The fourth-order valence-corrected chi connectivity index (χ4v) is 5.17. The topological polar surface area (TPSA) is 165 Å². The number of carbonyl (C=O) groups excluding carboxylic acids is 1. The third-order valence-corrected chi connectivity index (χ3v) is 7.14. The van der Waals surface area contributed by atoms with Crippen molar-refractivity contribution in [3.63, 3.8) is 0 Å². The van der Waals surface area contributed by atoms with E-state index in [0.717, 1.165) is 0 Å². The second-order valence-corrected chi connectivity index (χ2v) is 11.5. The van der Waals surface area contributed by atoms with Crippen molar-refractivity contribution in [3.05, 3.63) is 23.8 Å². The molecule has 0 aromatic heterocycles. The van der Waals surface area contributed by atoms with Crippen LogP contribution in [0.15, 0.2) is 18.2 Å². The lowest BCUT2D eigenvalue weighted by Crippen LogP contribution is -2.44. The summed E-state index contributed by atoms with van der Waals surface area (Å²) in [7, 11) is -8.22. The maximum Gasteiger partial charge on any atom is 0.530 e. The molecule has 1 rings (SSSR count). The first-order valence-corrected chi connectivity index (χ1v) is 14.6. The molecule has 1 unspecified atom stereocenters. The fraction of sp³-hybridized carbons (Fsp3) is 0.636. The summed E-state index contributed by atoms with van der Waals surface area (Å²) in [5.74, 6) is -1.73. The first-order valence-electron chi connectivity index (χ1n) is 11.7. The zero-order chi connectivity index (χ0) is 28.3. The molecule has 0 aliphatic carbocycles. The molecule has 37 heavy (non-hydrogen) atoms. The van der Waals surface area contributed by atoms with Crippen molar-refractivity contribution in [1.82, 2.24) is 5.32 Å². The van der Waals surface area contributed by atoms with E-state index in [0.29, 0.717) is 5.56 Å². The Bertz CT molecular complexity index is 974. The molecule has 1 atom stereocenters. The van der Waals surface area contributed by atoms with E-state index in [1.165, 1.54) is 18.2 Å². The van der Waals surface area contributed by atoms with Crippen LogP contribution in [0, 0.1) is 0 Å². The predicted molar refractivity (Wildman–Crippen MR) is 134 cm³/mol. The number of aliphatic carboxylic acids is 1. The van der Waals surface area contributed by atoms with Gasteiger partial charge < -0.3 is 24.2 Å². The van der Waals surface area contributed by atoms with Gasteiger partial charge in [-0.2, -0.15) is 0 Å². The largest absolute Gasteiger partial charge is 0.530 e. The van der Waals surface area contributed by atoms with Crippen LogP contribution in [-0.2, 0) is 43.2 Å². The Labute approximate surface area is 217 Å². The molecule has 1 amide bonds. The highest BCUT2D eigenvalue weighted by atomic mass is 31.2. The average Bonchev–Trinajstić information content (AvgIpc) is 2.74. The first kappa shape index (κ1) is 32.9. The molecule has 0 saturated heterocycles. The zero-order valence-corrected chi connectivity index (χ0v) is 24.0. The number of benzene rings is 1. The van der Waals surface area contributed by atoms with Gasteiger partial charge in [-0.3, -0.25) is 18.1 Å². The molecule has 0 fully saturated rings. The second kappa shape index (κ2) is 14.7. The highest BCUT2D eigenvalue weighted by Gasteiger charge is 2.33. The van der Waals surface area contributed by atoms with Crippen molar-refractivity contribution in [2.75, 3.05) is 26.4 Å². The average molecular weight is 569 g/mol. The molecule has 1 aromatic rings. The van der Waals surface area contributed by atoms with E-state index >= 15 is 0 Å². The van der Waals surface area contributed by atoms with Gasteiger partial charge in [0.2, 0.25) is 0 Å². The van der Waals surface area contributed by atoms with E-state index in [-0.39, 0.29) is 44.3 Å². The van der Waals surface area contributed by atoms with Gasteiger partial charge >= 0.3 is 27.7 Å². The molecule has 212 valence electrons. The number of alkyl carbamates (subject to hydrolysis) is 1. The number of nitrogens with one attached hydrogen (secondary N) is 1. The summed E-state index contributed by atoms with van der Waals surface area (Å²) in [6, 6.07) is 2.68. The Kier molecular flexibility index (Phi) is 13.1. The van der Waals surface area contributed by atoms with Gasteiger partial charge in [0.15, 0.2) is 11.5 Å². The maximum atomic E-state index is 13.1. The van der Waals surface area contributed by atoms with Gasteiger partial charge in [0.25, 0.3) is 0 Å². The maximum absolute atomic E-state index is 13.1. The molecule has 0 bridgehead atoms. The van der Waals surface area contributed by atoms with Crippen LogP contribution in [0.2, 0.25) is 0 Å². The molecule has 0 spiro atoms. The predicted octanol–water partition coefficient (Wildman–Crippen LogP) is 5.33. The van der Waals surface area contributed by atoms with Crippen molar-refractivity contribution in [3.8, 4) is 11.5 Å². The Morgan fingerprint density at radius 1 is 0.865 bits per heavy atom. The molecule has 1 aromatic carbocycles. The quantitative estimate of drug-likeness (QED) is 0.246. The number of carboxylic acids is 1. The SMILES string of the molecule is CCOP(=O)(OCC)Oc1ccc(CC(NC(=O)OC(C)(C)C)C(=O)O)cc1OP(=O)(OCC)OCC. The number of phosphoric acid groups is 2. The van der Waals surface area contributed by atoms with Crippen LogP contribution in [0.1, 0.15) is 54.0 Å².